The molecule has 118 valence electrons. The Morgan fingerprint density at radius 1 is 1.00 bits per heavy atom. The molecule has 0 radical (unpaired) electrons. The number of hydrogen-bond acceptors (Lipinski definition) is 3. The first-order valence-corrected chi connectivity index (χ1v) is 7.84. The molecule has 1 aliphatic heterocycles. The Kier molecular flexibility index (Phi) is 4.15. The molecule has 4 nitrogen and oxygen atoms in total. The quantitative estimate of drug-likeness (QED) is 0.879. The maximum absolute atomic E-state index is 12.5. The van der Waals surface area contributed by atoms with Crippen LogP contribution in [0.2, 0.25) is 0 Å². The zero-order chi connectivity index (χ0) is 16.4. The maximum atomic E-state index is 12.5. The van der Waals surface area contributed by atoms with Crippen molar-refractivity contribution in [3.63, 3.8) is 0 Å². The predicted molar refractivity (Wildman–Crippen MR) is 91.5 cm³/mol. The van der Waals surface area contributed by atoms with Gasteiger partial charge in [-0.2, -0.15) is 0 Å². The van der Waals surface area contributed by atoms with Crippen LogP contribution in [0, 0.1) is 0 Å². The van der Waals surface area contributed by atoms with Crippen LogP contribution in [0.15, 0.2) is 54.6 Å². The molecule has 23 heavy (non-hydrogen) atoms. The minimum atomic E-state index is -0.507. The van der Waals surface area contributed by atoms with E-state index in [1.165, 1.54) is 10.5 Å². The molecule has 3 rings (SSSR count). The standard InChI is InChI=1S/C19H20N2O2/c1-13(2)14-8-10-15(11-9-14)20-17-12-18(22)21(19(17)23)16-6-4-3-5-7-16/h3-11,13,17,20H,12H2,1-2H3. The molecule has 2 amide bonds. The molecule has 0 bridgehead atoms. The summed E-state index contributed by atoms with van der Waals surface area (Å²) in [6, 6.07) is 16.5. The van der Waals surface area contributed by atoms with Crippen molar-refractivity contribution < 1.29 is 9.59 Å². The number of hydrogen-bond donors (Lipinski definition) is 1. The van der Waals surface area contributed by atoms with E-state index < -0.39 is 6.04 Å². The lowest BCUT2D eigenvalue weighted by Gasteiger charge is -2.16. The van der Waals surface area contributed by atoms with Gasteiger partial charge in [0.2, 0.25) is 5.91 Å². The van der Waals surface area contributed by atoms with E-state index in [4.69, 9.17) is 0 Å². The lowest BCUT2D eigenvalue weighted by atomic mass is 10.0. The average molecular weight is 308 g/mol. The number of nitrogens with one attached hydrogen (secondary N) is 1. The van der Waals surface area contributed by atoms with Crippen molar-refractivity contribution >= 4 is 23.2 Å². The van der Waals surface area contributed by atoms with E-state index in [0.717, 1.165) is 5.69 Å². The van der Waals surface area contributed by atoms with Crippen LogP contribution in [0.25, 0.3) is 0 Å². The van der Waals surface area contributed by atoms with Crippen molar-refractivity contribution in [2.24, 2.45) is 0 Å². The monoisotopic (exact) mass is 308 g/mol. The van der Waals surface area contributed by atoms with Gasteiger partial charge in [-0.15, -0.1) is 0 Å². The SMILES string of the molecule is CC(C)c1ccc(NC2CC(=O)N(c3ccccc3)C2=O)cc1. The summed E-state index contributed by atoms with van der Waals surface area (Å²) in [5.74, 6) is 0.0962. The summed E-state index contributed by atoms with van der Waals surface area (Å²) < 4.78 is 0. The van der Waals surface area contributed by atoms with Gasteiger partial charge in [0.1, 0.15) is 6.04 Å². The number of carbonyl (C=O) groups excluding carboxylic acids is 2. The van der Waals surface area contributed by atoms with E-state index in [2.05, 4.69) is 19.2 Å². The van der Waals surface area contributed by atoms with Crippen LogP contribution in [0.5, 0.6) is 0 Å². The van der Waals surface area contributed by atoms with Crippen molar-refractivity contribution in [2.75, 3.05) is 10.2 Å². The fourth-order valence-corrected chi connectivity index (χ4v) is 2.76. The number of anilines is 2. The molecule has 2 aromatic carbocycles. The highest BCUT2D eigenvalue weighted by Gasteiger charge is 2.39. The summed E-state index contributed by atoms with van der Waals surface area (Å²) in [6.45, 7) is 4.28. The predicted octanol–water partition coefficient (Wildman–Crippen LogP) is 3.55. The zero-order valence-corrected chi connectivity index (χ0v) is 13.3. The summed E-state index contributed by atoms with van der Waals surface area (Å²) in [5.41, 5.74) is 2.73. The Morgan fingerprint density at radius 3 is 2.26 bits per heavy atom. The molecule has 2 aromatic rings. The molecular formula is C19H20N2O2. The summed E-state index contributed by atoms with van der Waals surface area (Å²) in [5, 5.41) is 3.17. The number of benzene rings is 2. The van der Waals surface area contributed by atoms with Crippen LogP contribution in [0.1, 0.15) is 31.7 Å². The molecule has 0 saturated carbocycles. The third-order valence-corrected chi connectivity index (χ3v) is 4.08. The van der Waals surface area contributed by atoms with Crippen molar-refractivity contribution in [3.05, 3.63) is 60.2 Å². The Balaban J connectivity index is 1.75. The second kappa shape index (κ2) is 6.24. The van der Waals surface area contributed by atoms with Gasteiger partial charge >= 0.3 is 0 Å². The Labute approximate surface area is 136 Å². The molecular weight excluding hydrogens is 288 g/mol. The summed E-state index contributed by atoms with van der Waals surface area (Å²) in [6.07, 6.45) is 0.180. The average Bonchev–Trinajstić information content (AvgIpc) is 2.82. The van der Waals surface area contributed by atoms with Gasteiger partial charge < -0.3 is 5.32 Å². The van der Waals surface area contributed by atoms with E-state index in [9.17, 15) is 9.59 Å². The Bertz CT molecular complexity index is 708. The minimum absolute atomic E-state index is 0.169. The maximum Gasteiger partial charge on any atom is 0.256 e. The summed E-state index contributed by atoms with van der Waals surface area (Å²) in [4.78, 5) is 26.0. The molecule has 0 aliphatic carbocycles. The van der Waals surface area contributed by atoms with Gasteiger partial charge in [-0.3, -0.25) is 9.59 Å². The molecule has 4 heteroatoms. The minimum Gasteiger partial charge on any atom is -0.373 e. The molecule has 1 N–H and O–H groups in total. The Morgan fingerprint density at radius 2 is 1.65 bits per heavy atom. The van der Waals surface area contributed by atoms with Crippen LogP contribution >= 0.6 is 0 Å². The molecule has 1 aliphatic rings. The number of rotatable bonds is 4. The third kappa shape index (κ3) is 3.11. The van der Waals surface area contributed by atoms with Crippen LogP contribution < -0.4 is 10.2 Å². The smallest absolute Gasteiger partial charge is 0.256 e. The van der Waals surface area contributed by atoms with Crippen LogP contribution in [0.3, 0.4) is 0 Å². The van der Waals surface area contributed by atoms with Gasteiger partial charge in [0, 0.05) is 5.69 Å². The van der Waals surface area contributed by atoms with Gasteiger partial charge in [-0.25, -0.2) is 4.90 Å². The normalized spacial score (nSPS) is 17.9. The molecule has 0 aromatic heterocycles. The summed E-state index contributed by atoms with van der Waals surface area (Å²) in [7, 11) is 0. The molecule has 1 atom stereocenters. The number of carbonyl (C=O) groups is 2. The first-order valence-electron chi connectivity index (χ1n) is 7.84. The molecule has 1 saturated heterocycles. The van der Waals surface area contributed by atoms with Crippen molar-refractivity contribution in [1.29, 1.82) is 0 Å². The highest BCUT2D eigenvalue weighted by atomic mass is 16.2. The number of para-hydroxylation sites is 1. The summed E-state index contributed by atoms with van der Waals surface area (Å²) >= 11 is 0. The van der Waals surface area contributed by atoms with E-state index in [1.54, 1.807) is 12.1 Å². The van der Waals surface area contributed by atoms with Gasteiger partial charge in [0.25, 0.3) is 5.91 Å². The van der Waals surface area contributed by atoms with Crippen LogP contribution in [0.4, 0.5) is 11.4 Å². The number of imide groups is 1. The molecule has 1 unspecified atom stereocenters. The van der Waals surface area contributed by atoms with Crippen molar-refractivity contribution in [1.82, 2.24) is 0 Å². The van der Waals surface area contributed by atoms with E-state index >= 15 is 0 Å². The van der Waals surface area contributed by atoms with E-state index in [-0.39, 0.29) is 18.2 Å². The van der Waals surface area contributed by atoms with E-state index in [1.807, 2.05) is 42.5 Å². The zero-order valence-electron chi connectivity index (χ0n) is 13.3. The van der Waals surface area contributed by atoms with Gasteiger partial charge in [-0.1, -0.05) is 44.2 Å². The van der Waals surface area contributed by atoms with Gasteiger partial charge in [0.15, 0.2) is 0 Å². The van der Waals surface area contributed by atoms with Gasteiger partial charge in [0.05, 0.1) is 12.1 Å². The fourth-order valence-electron chi connectivity index (χ4n) is 2.76. The number of nitrogens with zero attached hydrogens (tertiary/aromatic N) is 1. The second-order valence-corrected chi connectivity index (χ2v) is 6.08. The third-order valence-electron chi connectivity index (χ3n) is 4.08. The topological polar surface area (TPSA) is 49.4 Å². The highest BCUT2D eigenvalue weighted by molar-refractivity contribution is 6.23. The first kappa shape index (κ1) is 15.3. The van der Waals surface area contributed by atoms with E-state index in [0.29, 0.717) is 11.6 Å². The molecule has 1 heterocycles. The largest absolute Gasteiger partial charge is 0.373 e. The lowest BCUT2D eigenvalue weighted by molar-refractivity contribution is -0.121. The fraction of sp³-hybridized carbons (Fsp3) is 0.263. The molecule has 1 fully saturated rings. The number of amides is 2. The second-order valence-electron chi connectivity index (χ2n) is 6.08. The highest BCUT2D eigenvalue weighted by Crippen LogP contribution is 2.25. The lowest BCUT2D eigenvalue weighted by Crippen LogP contribution is -2.34. The van der Waals surface area contributed by atoms with Gasteiger partial charge in [-0.05, 0) is 35.7 Å². The van der Waals surface area contributed by atoms with Crippen molar-refractivity contribution in [3.8, 4) is 0 Å². The Hall–Kier alpha value is -2.62. The molecule has 0 spiro atoms. The van der Waals surface area contributed by atoms with Crippen molar-refractivity contribution in [2.45, 2.75) is 32.2 Å². The van der Waals surface area contributed by atoms with Crippen LogP contribution in [-0.2, 0) is 9.59 Å². The first-order chi connectivity index (χ1) is 11.1. The van der Waals surface area contributed by atoms with Crippen LogP contribution in [-0.4, -0.2) is 17.9 Å².